The van der Waals surface area contributed by atoms with Gasteiger partial charge in [0.25, 0.3) is 10.0 Å². The van der Waals surface area contributed by atoms with E-state index in [0.29, 0.717) is 5.56 Å². The monoisotopic (exact) mass is 501 g/mol. The van der Waals surface area contributed by atoms with Crippen LogP contribution in [-0.2, 0) is 33.8 Å². The molecule has 0 aliphatic heterocycles. The van der Waals surface area contributed by atoms with Crippen molar-refractivity contribution < 1.29 is 26.4 Å². The third-order valence-electron chi connectivity index (χ3n) is 4.46. The molecule has 4 nitrogen and oxygen atoms in total. The first-order chi connectivity index (χ1) is 14.9. The molecule has 3 aromatic carbocycles. The lowest BCUT2D eigenvalue weighted by atomic mass is 10.0. The van der Waals surface area contributed by atoms with Gasteiger partial charge in [0.1, 0.15) is 5.78 Å². The molecule has 0 heterocycles. The molecule has 0 unspecified atom stereocenters. The minimum Gasteiger partial charge on any atom is -0.299 e. The number of Topliss-reactive ketones (excluding diaryl/α,β-unsaturated/α-hetero) is 1. The van der Waals surface area contributed by atoms with Crippen LogP contribution in [0.1, 0.15) is 16.7 Å². The molecule has 10 heteroatoms. The lowest BCUT2D eigenvalue weighted by Gasteiger charge is -2.10. The SMILES string of the molecule is O=C(Cc1ccc(S(=O)(=O)Nc2ccc(Cl)c(Cl)c2)cc1)Cc1cccc(C(F)(F)F)c1. The fourth-order valence-corrected chi connectivity index (χ4v) is 4.28. The molecule has 0 saturated heterocycles. The van der Waals surface area contributed by atoms with Gasteiger partial charge in [0, 0.05) is 12.8 Å². The van der Waals surface area contributed by atoms with Crippen LogP contribution in [0, 0.1) is 0 Å². The molecule has 3 rings (SSSR count). The topological polar surface area (TPSA) is 63.2 Å². The summed E-state index contributed by atoms with van der Waals surface area (Å²) in [6.45, 7) is 0. The smallest absolute Gasteiger partial charge is 0.299 e. The summed E-state index contributed by atoms with van der Waals surface area (Å²) in [6.07, 6.45) is -4.69. The number of ketones is 1. The van der Waals surface area contributed by atoms with Crippen LogP contribution in [0.3, 0.4) is 0 Å². The van der Waals surface area contributed by atoms with Crippen molar-refractivity contribution in [2.24, 2.45) is 0 Å². The largest absolute Gasteiger partial charge is 0.416 e. The Morgan fingerprint density at radius 3 is 2.12 bits per heavy atom. The summed E-state index contributed by atoms with van der Waals surface area (Å²) in [6, 6.07) is 14.5. The van der Waals surface area contributed by atoms with E-state index >= 15 is 0 Å². The van der Waals surface area contributed by atoms with Gasteiger partial charge in [-0.05, 0) is 47.5 Å². The molecular formula is C22H16Cl2F3NO3S. The van der Waals surface area contributed by atoms with Crippen LogP contribution >= 0.6 is 23.2 Å². The Morgan fingerprint density at radius 2 is 1.50 bits per heavy atom. The molecule has 0 spiro atoms. The van der Waals surface area contributed by atoms with Gasteiger partial charge in [-0.25, -0.2) is 8.42 Å². The average Bonchev–Trinajstić information content (AvgIpc) is 2.70. The van der Waals surface area contributed by atoms with E-state index in [4.69, 9.17) is 23.2 Å². The quantitative estimate of drug-likeness (QED) is 0.421. The van der Waals surface area contributed by atoms with Gasteiger partial charge in [-0.15, -0.1) is 0 Å². The van der Waals surface area contributed by atoms with Crippen LogP contribution in [-0.4, -0.2) is 14.2 Å². The summed E-state index contributed by atoms with van der Waals surface area (Å²) in [5.41, 5.74) is 0.219. The van der Waals surface area contributed by atoms with E-state index in [2.05, 4.69) is 4.72 Å². The number of alkyl halides is 3. The molecule has 0 aliphatic rings. The predicted molar refractivity (Wildman–Crippen MR) is 118 cm³/mol. The summed E-state index contributed by atoms with van der Waals surface area (Å²) < 4.78 is 65.9. The lowest BCUT2D eigenvalue weighted by molar-refractivity contribution is -0.137. The maximum absolute atomic E-state index is 12.8. The highest BCUT2D eigenvalue weighted by Gasteiger charge is 2.30. The number of hydrogen-bond donors (Lipinski definition) is 1. The van der Waals surface area contributed by atoms with E-state index in [1.165, 1.54) is 54.6 Å². The second-order valence-electron chi connectivity index (χ2n) is 6.97. The van der Waals surface area contributed by atoms with E-state index < -0.39 is 21.8 Å². The zero-order valence-corrected chi connectivity index (χ0v) is 18.6. The Kier molecular flexibility index (Phi) is 7.17. The van der Waals surface area contributed by atoms with Crippen molar-refractivity contribution in [2.75, 3.05) is 4.72 Å². The van der Waals surface area contributed by atoms with Gasteiger partial charge >= 0.3 is 6.18 Å². The van der Waals surface area contributed by atoms with Crippen LogP contribution in [0.25, 0.3) is 0 Å². The fraction of sp³-hybridized carbons (Fsp3) is 0.136. The van der Waals surface area contributed by atoms with Crippen molar-refractivity contribution in [3.8, 4) is 0 Å². The first-order valence-electron chi connectivity index (χ1n) is 9.19. The summed E-state index contributed by atoms with van der Waals surface area (Å²) >= 11 is 11.7. The minimum atomic E-state index is -4.48. The van der Waals surface area contributed by atoms with Gasteiger partial charge in [0.15, 0.2) is 0 Å². The highest BCUT2D eigenvalue weighted by atomic mass is 35.5. The van der Waals surface area contributed by atoms with Gasteiger partial charge in [-0.3, -0.25) is 9.52 Å². The van der Waals surface area contributed by atoms with Gasteiger partial charge in [0.05, 0.1) is 26.2 Å². The molecule has 0 aromatic heterocycles. The van der Waals surface area contributed by atoms with E-state index in [-0.39, 0.29) is 44.8 Å². The maximum Gasteiger partial charge on any atom is 0.416 e. The summed E-state index contributed by atoms with van der Waals surface area (Å²) in [5, 5.41) is 0.482. The minimum absolute atomic E-state index is 0.0300. The zero-order chi connectivity index (χ0) is 23.5. The molecule has 0 aliphatic carbocycles. The summed E-state index contributed by atoms with van der Waals surface area (Å²) in [7, 11) is -3.90. The average molecular weight is 502 g/mol. The Morgan fingerprint density at radius 1 is 0.844 bits per heavy atom. The standard InChI is InChI=1S/C22H16Cl2F3NO3S/c23-20-9-6-17(13-21(20)24)28-32(30,31)19-7-4-14(5-8-19)11-18(29)12-15-2-1-3-16(10-15)22(25,26)27/h1-10,13,28H,11-12H2. The van der Waals surface area contributed by atoms with Crippen LogP contribution in [0.2, 0.25) is 10.0 Å². The number of benzene rings is 3. The van der Waals surface area contributed by atoms with Crippen molar-refractivity contribution in [3.63, 3.8) is 0 Å². The second-order valence-corrected chi connectivity index (χ2v) is 9.47. The van der Waals surface area contributed by atoms with Crippen molar-refractivity contribution in [1.29, 1.82) is 0 Å². The van der Waals surface area contributed by atoms with Crippen LogP contribution in [0.4, 0.5) is 18.9 Å². The zero-order valence-electron chi connectivity index (χ0n) is 16.3. The third-order valence-corrected chi connectivity index (χ3v) is 6.60. The van der Waals surface area contributed by atoms with Crippen molar-refractivity contribution in [3.05, 3.63) is 93.5 Å². The number of sulfonamides is 1. The Balaban J connectivity index is 1.66. The van der Waals surface area contributed by atoms with Crippen molar-refractivity contribution >= 4 is 44.7 Å². The highest BCUT2D eigenvalue weighted by molar-refractivity contribution is 7.92. The number of hydrogen-bond acceptors (Lipinski definition) is 3. The van der Waals surface area contributed by atoms with E-state index in [1.54, 1.807) is 0 Å². The number of halogens is 5. The maximum atomic E-state index is 12.8. The van der Waals surface area contributed by atoms with Crippen molar-refractivity contribution in [2.45, 2.75) is 23.9 Å². The van der Waals surface area contributed by atoms with Crippen LogP contribution < -0.4 is 4.72 Å². The fourth-order valence-electron chi connectivity index (χ4n) is 2.94. The summed E-state index contributed by atoms with van der Waals surface area (Å²) in [4.78, 5) is 12.3. The molecule has 0 atom stereocenters. The van der Waals surface area contributed by atoms with Crippen molar-refractivity contribution in [1.82, 2.24) is 0 Å². The molecule has 32 heavy (non-hydrogen) atoms. The van der Waals surface area contributed by atoms with Gasteiger partial charge < -0.3 is 0 Å². The Labute approximate surface area is 193 Å². The van der Waals surface area contributed by atoms with E-state index in [1.807, 2.05) is 0 Å². The third kappa shape index (κ3) is 6.25. The number of carbonyl (C=O) groups excluding carboxylic acids is 1. The molecule has 1 N–H and O–H groups in total. The van der Waals surface area contributed by atoms with Gasteiger partial charge in [0.2, 0.25) is 0 Å². The number of anilines is 1. The molecule has 0 amide bonds. The summed E-state index contributed by atoms with van der Waals surface area (Å²) in [5.74, 6) is -0.297. The molecule has 0 saturated carbocycles. The molecule has 0 radical (unpaired) electrons. The van der Waals surface area contributed by atoms with Crippen LogP contribution in [0.5, 0.6) is 0 Å². The first-order valence-corrected chi connectivity index (χ1v) is 11.4. The number of carbonyl (C=O) groups is 1. The highest BCUT2D eigenvalue weighted by Crippen LogP contribution is 2.30. The Bertz CT molecular complexity index is 1240. The van der Waals surface area contributed by atoms with Gasteiger partial charge in [-0.1, -0.05) is 53.5 Å². The molecule has 0 bridgehead atoms. The van der Waals surface area contributed by atoms with Crippen LogP contribution in [0.15, 0.2) is 71.6 Å². The molecule has 0 fully saturated rings. The lowest BCUT2D eigenvalue weighted by Crippen LogP contribution is -2.13. The second kappa shape index (κ2) is 9.52. The predicted octanol–water partition coefficient (Wildman–Crippen LogP) is 6.17. The Hall–Kier alpha value is -2.55. The van der Waals surface area contributed by atoms with E-state index in [0.717, 1.165) is 12.1 Å². The number of rotatable bonds is 7. The molecule has 168 valence electrons. The molecule has 3 aromatic rings. The normalized spacial score (nSPS) is 11.9. The first kappa shape index (κ1) is 24.1. The number of nitrogens with one attached hydrogen (secondary N) is 1. The van der Waals surface area contributed by atoms with E-state index in [9.17, 15) is 26.4 Å². The van der Waals surface area contributed by atoms with Gasteiger partial charge in [-0.2, -0.15) is 13.2 Å². The molecular weight excluding hydrogens is 486 g/mol.